The molecule has 2 N–H and O–H groups in total. The molecule has 1 fully saturated rings. The maximum Gasteiger partial charge on any atom is 0.335 e. The molecule has 4 rings (SSSR count). The number of aromatic nitrogens is 2. The smallest absolute Gasteiger partial charge is 0.335 e. The van der Waals surface area contributed by atoms with Crippen molar-refractivity contribution in [2.75, 3.05) is 13.1 Å². The SMILES string of the molecule is Cc1c(C(=O)NN2CCCCC2)nn(-c2ccc(Cl)cc2Cl)c1-c1ccc(C(=O)O)cc1Cl. The average molecular weight is 508 g/mol. The van der Waals surface area contributed by atoms with Gasteiger partial charge in [-0.25, -0.2) is 14.5 Å². The third kappa shape index (κ3) is 4.87. The van der Waals surface area contributed by atoms with Crippen LogP contribution in [0.3, 0.4) is 0 Å². The predicted octanol–water partition coefficient (Wildman–Crippen LogP) is 5.64. The third-order valence-electron chi connectivity index (χ3n) is 5.56. The molecule has 0 atom stereocenters. The van der Waals surface area contributed by atoms with E-state index in [1.807, 2.05) is 5.01 Å². The van der Waals surface area contributed by atoms with Crippen molar-refractivity contribution in [1.29, 1.82) is 0 Å². The molecule has 0 aliphatic carbocycles. The number of benzene rings is 2. The number of rotatable bonds is 5. The van der Waals surface area contributed by atoms with Crippen LogP contribution < -0.4 is 5.43 Å². The van der Waals surface area contributed by atoms with Crippen molar-refractivity contribution in [3.05, 3.63) is 68.3 Å². The Balaban J connectivity index is 1.85. The monoisotopic (exact) mass is 506 g/mol. The Morgan fingerprint density at radius 1 is 1.00 bits per heavy atom. The van der Waals surface area contributed by atoms with Gasteiger partial charge in [-0.2, -0.15) is 5.10 Å². The molecule has 1 aliphatic rings. The van der Waals surface area contributed by atoms with Crippen LogP contribution in [0.5, 0.6) is 0 Å². The average Bonchev–Trinajstić information content (AvgIpc) is 3.11. The van der Waals surface area contributed by atoms with Crippen LogP contribution >= 0.6 is 34.8 Å². The van der Waals surface area contributed by atoms with Crippen LogP contribution in [0.2, 0.25) is 15.1 Å². The molecule has 10 heteroatoms. The number of carboxylic acids is 1. The van der Waals surface area contributed by atoms with Gasteiger partial charge in [-0.3, -0.25) is 10.2 Å². The van der Waals surface area contributed by atoms with Crippen LogP contribution in [0.25, 0.3) is 16.9 Å². The number of nitrogens with one attached hydrogen (secondary N) is 1. The summed E-state index contributed by atoms with van der Waals surface area (Å²) in [6.45, 7) is 3.34. The van der Waals surface area contributed by atoms with Gasteiger partial charge in [0.2, 0.25) is 0 Å². The van der Waals surface area contributed by atoms with Crippen LogP contribution in [-0.2, 0) is 0 Å². The maximum absolute atomic E-state index is 13.1. The van der Waals surface area contributed by atoms with Gasteiger partial charge in [-0.1, -0.05) is 47.3 Å². The minimum atomic E-state index is -1.09. The van der Waals surface area contributed by atoms with E-state index in [0.717, 1.165) is 32.4 Å². The van der Waals surface area contributed by atoms with Gasteiger partial charge in [0.1, 0.15) is 0 Å². The summed E-state index contributed by atoms with van der Waals surface area (Å²) < 4.78 is 1.54. The highest BCUT2D eigenvalue weighted by molar-refractivity contribution is 6.36. The summed E-state index contributed by atoms with van der Waals surface area (Å²) in [6, 6.07) is 9.38. The van der Waals surface area contributed by atoms with Gasteiger partial charge in [0.15, 0.2) is 5.69 Å². The highest BCUT2D eigenvalue weighted by Gasteiger charge is 2.26. The molecule has 0 saturated carbocycles. The Bertz CT molecular complexity index is 1240. The molecular weight excluding hydrogens is 487 g/mol. The van der Waals surface area contributed by atoms with Gasteiger partial charge in [0.25, 0.3) is 5.91 Å². The molecule has 0 unspecified atom stereocenters. The van der Waals surface area contributed by atoms with E-state index in [-0.39, 0.29) is 22.2 Å². The quantitative estimate of drug-likeness (QED) is 0.467. The summed E-state index contributed by atoms with van der Waals surface area (Å²) in [6.07, 6.45) is 3.18. The molecular formula is C23H21Cl3N4O3. The Labute approximate surface area is 205 Å². The second-order valence-electron chi connectivity index (χ2n) is 7.82. The molecule has 1 amide bonds. The summed E-state index contributed by atoms with van der Waals surface area (Å²) in [5, 5.41) is 16.8. The Hall–Kier alpha value is -2.58. The molecule has 3 aromatic rings. The van der Waals surface area contributed by atoms with Gasteiger partial charge in [0, 0.05) is 29.2 Å². The maximum atomic E-state index is 13.1. The van der Waals surface area contributed by atoms with Crippen LogP contribution in [0.1, 0.15) is 45.7 Å². The van der Waals surface area contributed by atoms with E-state index in [1.54, 1.807) is 35.9 Å². The largest absolute Gasteiger partial charge is 0.478 e. The molecule has 0 bridgehead atoms. The zero-order valence-electron chi connectivity index (χ0n) is 17.7. The number of nitrogens with zero attached hydrogens (tertiary/aromatic N) is 3. The van der Waals surface area contributed by atoms with E-state index in [2.05, 4.69) is 10.5 Å². The van der Waals surface area contributed by atoms with E-state index in [0.29, 0.717) is 32.6 Å². The summed E-state index contributed by atoms with van der Waals surface area (Å²) in [7, 11) is 0. The molecule has 2 heterocycles. The number of carbonyl (C=O) groups excluding carboxylic acids is 1. The first-order valence-electron chi connectivity index (χ1n) is 10.4. The standard InChI is InChI=1S/C23H21Cl3N4O3/c1-13-20(22(31)28-29-9-3-2-4-10-29)27-30(19-8-6-15(24)12-18(19)26)21(13)16-7-5-14(23(32)33)11-17(16)25/h5-8,11-12H,2-4,9-10H2,1H3,(H,28,31)(H,32,33). The lowest BCUT2D eigenvalue weighted by molar-refractivity contribution is 0.0695. The number of halogens is 3. The minimum Gasteiger partial charge on any atom is -0.478 e. The number of hydrazine groups is 1. The summed E-state index contributed by atoms with van der Waals surface area (Å²) in [5.74, 6) is -1.42. The van der Waals surface area contributed by atoms with Gasteiger partial charge in [-0.05, 0) is 50.1 Å². The number of piperidine rings is 1. The fraction of sp³-hybridized carbons (Fsp3) is 0.261. The van der Waals surface area contributed by atoms with E-state index < -0.39 is 5.97 Å². The second kappa shape index (κ2) is 9.73. The molecule has 1 saturated heterocycles. The summed E-state index contributed by atoms with van der Waals surface area (Å²) in [4.78, 5) is 24.5. The Morgan fingerprint density at radius 3 is 2.36 bits per heavy atom. The van der Waals surface area contributed by atoms with Crippen LogP contribution in [0.4, 0.5) is 0 Å². The van der Waals surface area contributed by atoms with Crippen molar-refractivity contribution in [3.8, 4) is 16.9 Å². The molecule has 33 heavy (non-hydrogen) atoms. The fourth-order valence-corrected chi connectivity index (χ4v) is 4.66. The zero-order chi connectivity index (χ0) is 23.7. The van der Waals surface area contributed by atoms with Crippen molar-refractivity contribution in [2.24, 2.45) is 0 Å². The van der Waals surface area contributed by atoms with Crippen molar-refractivity contribution >= 4 is 46.7 Å². The predicted molar refractivity (Wildman–Crippen MR) is 129 cm³/mol. The summed E-state index contributed by atoms with van der Waals surface area (Å²) in [5.41, 5.74) is 5.36. The number of hydrogen-bond donors (Lipinski definition) is 2. The first-order valence-corrected chi connectivity index (χ1v) is 11.5. The van der Waals surface area contributed by atoms with E-state index >= 15 is 0 Å². The molecule has 172 valence electrons. The van der Waals surface area contributed by atoms with Crippen molar-refractivity contribution < 1.29 is 14.7 Å². The van der Waals surface area contributed by atoms with E-state index in [4.69, 9.17) is 34.8 Å². The Kier molecular flexibility index (Phi) is 6.95. The van der Waals surface area contributed by atoms with Crippen LogP contribution in [0.15, 0.2) is 36.4 Å². The van der Waals surface area contributed by atoms with Crippen LogP contribution in [0, 0.1) is 6.92 Å². The lowest BCUT2D eigenvalue weighted by Crippen LogP contribution is -2.45. The van der Waals surface area contributed by atoms with Gasteiger partial charge in [-0.15, -0.1) is 0 Å². The van der Waals surface area contributed by atoms with Crippen LogP contribution in [-0.4, -0.2) is 44.9 Å². The number of hydrogen-bond acceptors (Lipinski definition) is 4. The topological polar surface area (TPSA) is 87.5 Å². The molecule has 0 radical (unpaired) electrons. The first kappa shape index (κ1) is 23.6. The highest BCUT2D eigenvalue weighted by Crippen LogP contribution is 2.36. The molecule has 1 aliphatic heterocycles. The molecule has 0 spiro atoms. The zero-order valence-corrected chi connectivity index (χ0v) is 20.0. The third-order valence-corrected chi connectivity index (χ3v) is 6.41. The van der Waals surface area contributed by atoms with E-state index in [1.165, 1.54) is 12.1 Å². The minimum absolute atomic E-state index is 0.0556. The number of carbonyl (C=O) groups is 2. The highest BCUT2D eigenvalue weighted by atomic mass is 35.5. The van der Waals surface area contributed by atoms with Crippen molar-refractivity contribution in [1.82, 2.24) is 20.2 Å². The van der Waals surface area contributed by atoms with Crippen molar-refractivity contribution in [2.45, 2.75) is 26.2 Å². The van der Waals surface area contributed by atoms with Gasteiger partial charge < -0.3 is 5.11 Å². The lowest BCUT2D eigenvalue weighted by atomic mass is 10.0. The number of aromatic carboxylic acids is 1. The molecule has 7 nitrogen and oxygen atoms in total. The molecule has 1 aromatic heterocycles. The van der Waals surface area contributed by atoms with E-state index in [9.17, 15) is 14.7 Å². The van der Waals surface area contributed by atoms with Gasteiger partial charge in [0.05, 0.1) is 27.0 Å². The normalized spacial score (nSPS) is 14.3. The Morgan fingerprint density at radius 2 is 1.73 bits per heavy atom. The first-order chi connectivity index (χ1) is 15.8. The second-order valence-corrected chi connectivity index (χ2v) is 9.07. The van der Waals surface area contributed by atoms with Crippen molar-refractivity contribution in [3.63, 3.8) is 0 Å². The lowest BCUT2D eigenvalue weighted by Gasteiger charge is -2.26. The fourth-order valence-electron chi connectivity index (χ4n) is 3.90. The summed E-state index contributed by atoms with van der Waals surface area (Å²) >= 11 is 19.0. The molecule has 2 aromatic carbocycles. The van der Waals surface area contributed by atoms with Gasteiger partial charge >= 0.3 is 5.97 Å². The number of amides is 1. The number of carboxylic acid groups (broad SMARTS) is 1.